The molecule has 0 heterocycles. The van der Waals surface area contributed by atoms with Crippen LogP contribution in [0.1, 0.15) is 38.7 Å². The first-order valence-electron chi connectivity index (χ1n) is 6.10. The lowest BCUT2D eigenvalue weighted by Gasteiger charge is -2.24. The molecule has 0 saturated carbocycles. The standard InChI is InChI=1S/C14H23N/c1-4-6-9-12-15(5-2)14-11-8-7-10-13(14)3/h7-8,10-11H,4-6,9,12H2,1-3H3. The highest BCUT2D eigenvalue weighted by Crippen LogP contribution is 2.19. The van der Waals surface area contributed by atoms with Crippen LogP contribution in [-0.2, 0) is 0 Å². The molecule has 0 radical (unpaired) electrons. The van der Waals surface area contributed by atoms with Gasteiger partial charge in [0.25, 0.3) is 0 Å². The fourth-order valence-corrected chi connectivity index (χ4v) is 1.92. The molecule has 1 nitrogen and oxygen atoms in total. The molecule has 84 valence electrons. The summed E-state index contributed by atoms with van der Waals surface area (Å²) in [6.45, 7) is 8.98. The number of benzene rings is 1. The molecular formula is C14H23N. The summed E-state index contributed by atoms with van der Waals surface area (Å²) < 4.78 is 0. The molecule has 0 bridgehead atoms. The lowest BCUT2D eigenvalue weighted by Crippen LogP contribution is -2.24. The molecule has 1 aromatic carbocycles. The van der Waals surface area contributed by atoms with Crippen LogP contribution in [0.25, 0.3) is 0 Å². The van der Waals surface area contributed by atoms with E-state index in [9.17, 15) is 0 Å². The lowest BCUT2D eigenvalue weighted by atomic mass is 10.1. The molecule has 0 unspecified atom stereocenters. The molecule has 0 aliphatic carbocycles. The summed E-state index contributed by atoms with van der Waals surface area (Å²) in [5.74, 6) is 0. The van der Waals surface area contributed by atoms with Gasteiger partial charge in [-0.3, -0.25) is 0 Å². The van der Waals surface area contributed by atoms with Crippen molar-refractivity contribution in [3.8, 4) is 0 Å². The van der Waals surface area contributed by atoms with E-state index in [0.29, 0.717) is 0 Å². The minimum Gasteiger partial charge on any atom is -0.372 e. The summed E-state index contributed by atoms with van der Waals surface area (Å²) in [5, 5.41) is 0. The van der Waals surface area contributed by atoms with Gasteiger partial charge in [0, 0.05) is 18.8 Å². The van der Waals surface area contributed by atoms with Crippen molar-refractivity contribution in [2.75, 3.05) is 18.0 Å². The molecule has 1 rings (SSSR count). The molecule has 0 fully saturated rings. The predicted molar refractivity (Wildman–Crippen MR) is 68.6 cm³/mol. The summed E-state index contributed by atoms with van der Waals surface area (Å²) in [4.78, 5) is 2.48. The van der Waals surface area contributed by atoms with Gasteiger partial charge in [-0.15, -0.1) is 0 Å². The Labute approximate surface area is 94.1 Å². The molecule has 1 aromatic rings. The first-order chi connectivity index (χ1) is 7.29. The van der Waals surface area contributed by atoms with Crippen molar-refractivity contribution in [3.05, 3.63) is 29.8 Å². The zero-order chi connectivity index (χ0) is 11.1. The van der Waals surface area contributed by atoms with Gasteiger partial charge < -0.3 is 4.90 Å². The third kappa shape index (κ3) is 3.58. The van der Waals surface area contributed by atoms with Crippen LogP contribution in [0, 0.1) is 6.92 Å². The minimum absolute atomic E-state index is 1.11. The second kappa shape index (κ2) is 6.49. The Morgan fingerprint density at radius 2 is 1.80 bits per heavy atom. The van der Waals surface area contributed by atoms with Crippen molar-refractivity contribution in [1.82, 2.24) is 0 Å². The third-order valence-electron chi connectivity index (χ3n) is 2.87. The van der Waals surface area contributed by atoms with Gasteiger partial charge in [-0.2, -0.15) is 0 Å². The fourth-order valence-electron chi connectivity index (χ4n) is 1.92. The van der Waals surface area contributed by atoms with Crippen LogP contribution >= 0.6 is 0 Å². The fraction of sp³-hybridized carbons (Fsp3) is 0.571. The van der Waals surface area contributed by atoms with Crippen molar-refractivity contribution >= 4 is 5.69 Å². The molecule has 0 amide bonds. The second-order valence-electron chi connectivity index (χ2n) is 4.07. The van der Waals surface area contributed by atoms with Gasteiger partial charge in [0.15, 0.2) is 0 Å². The maximum absolute atomic E-state index is 2.48. The first-order valence-corrected chi connectivity index (χ1v) is 6.10. The zero-order valence-corrected chi connectivity index (χ0v) is 10.3. The smallest absolute Gasteiger partial charge is 0.0395 e. The number of rotatable bonds is 6. The number of unbranched alkanes of at least 4 members (excludes halogenated alkanes) is 2. The van der Waals surface area contributed by atoms with Crippen LogP contribution in [-0.4, -0.2) is 13.1 Å². The summed E-state index contributed by atoms with van der Waals surface area (Å²) in [6, 6.07) is 8.66. The monoisotopic (exact) mass is 205 g/mol. The molecular weight excluding hydrogens is 182 g/mol. The quantitative estimate of drug-likeness (QED) is 0.634. The number of aryl methyl sites for hydroxylation is 1. The van der Waals surface area contributed by atoms with Crippen molar-refractivity contribution in [2.24, 2.45) is 0 Å². The summed E-state index contributed by atoms with van der Waals surface area (Å²) in [5.41, 5.74) is 2.78. The zero-order valence-electron chi connectivity index (χ0n) is 10.3. The van der Waals surface area contributed by atoms with E-state index in [0.717, 1.165) is 6.54 Å². The van der Waals surface area contributed by atoms with Crippen LogP contribution in [0.2, 0.25) is 0 Å². The molecule has 0 aliphatic rings. The predicted octanol–water partition coefficient (Wildman–Crippen LogP) is 4.01. The van der Waals surface area contributed by atoms with Crippen LogP contribution in [0.5, 0.6) is 0 Å². The SMILES string of the molecule is CCCCCN(CC)c1ccccc1C. The van der Waals surface area contributed by atoms with Gasteiger partial charge >= 0.3 is 0 Å². The number of hydrogen-bond donors (Lipinski definition) is 0. The first kappa shape index (κ1) is 12.1. The van der Waals surface area contributed by atoms with Crippen molar-refractivity contribution in [1.29, 1.82) is 0 Å². The molecule has 15 heavy (non-hydrogen) atoms. The Hall–Kier alpha value is -0.980. The minimum atomic E-state index is 1.11. The number of nitrogens with zero attached hydrogens (tertiary/aromatic N) is 1. The van der Waals surface area contributed by atoms with E-state index >= 15 is 0 Å². The van der Waals surface area contributed by atoms with E-state index in [1.54, 1.807) is 0 Å². The number of para-hydroxylation sites is 1. The van der Waals surface area contributed by atoms with Crippen LogP contribution in [0.3, 0.4) is 0 Å². The molecule has 0 atom stereocenters. The Morgan fingerprint density at radius 3 is 2.40 bits per heavy atom. The molecule has 0 N–H and O–H groups in total. The summed E-state index contributed by atoms with van der Waals surface area (Å²) in [7, 11) is 0. The average Bonchev–Trinajstić information content (AvgIpc) is 2.26. The largest absolute Gasteiger partial charge is 0.372 e. The van der Waals surface area contributed by atoms with E-state index in [-0.39, 0.29) is 0 Å². The number of hydrogen-bond acceptors (Lipinski definition) is 1. The van der Waals surface area contributed by atoms with Gasteiger partial charge in [-0.25, -0.2) is 0 Å². The summed E-state index contributed by atoms with van der Waals surface area (Å²) >= 11 is 0. The van der Waals surface area contributed by atoms with E-state index in [4.69, 9.17) is 0 Å². The Balaban J connectivity index is 2.61. The highest BCUT2D eigenvalue weighted by molar-refractivity contribution is 5.52. The van der Waals surface area contributed by atoms with E-state index in [1.807, 2.05) is 0 Å². The van der Waals surface area contributed by atoms with E-state index < -0.39 is 0 Å². The topological polar surface area (TPSA) is 3.24 Å². The second-order valence-corrected chi connectivity index (χ2v) is 4.07. The van der Waals surface area contributed by atoms with E-state index in [2.05, 4.69) is 49.9 Å². The Bertz CT molecular complexity index is 280. The Kier molecular flexibility index (Phi) is 5.23. The summed E-state index contributed by atoms with van der Waals surface area (Å²) in [6.07, 6.45) is 3.94. The molecule has 1 heteroatoms. The van der Waals surface area contributed by atoms with Gasteiger partial charge in [0.05, 0.1) is 0 Å². The van der Waals surface area contributed by atoms with Crippen LogP contribution in [0.15, 0.2) is 24.3 Å². The maximum Gasteiger partial charge on any atom is 0.0395 e. The highest BCUT2D eigenvalue weighted by atomic mass is 15.1. The van der Waals surface area contributed by atoms with Gasteiger partial charge in [-0.05, 0) is 31.9 Å². The highest BCUT2D eigenvalue weighted by Gasteiger charge is 2.05. The molecule has 0 aromatic heterocycles. The average molecular weight is 205 g/mol. The number of anilines is 1. The van der Waals surface area contributed by atoms with Crippen molar-refractivity contribution in [2.45, 2.75) is 40.0 Å². The van der Waals surface area contributed by atoms with E-state index in [1.165, 1.54) is 37.1 Å². The van der Waals surface area contributed by atoms with Gasteiger partial charge in [0.2, 0.25) is 0 Å². The normalized spacial score (nSPS) is 10.3. The maximum atomic E-state index is 2.48. The molecule has 0 aliphatic heterocycles. The molecule has 0 spiro atoms. The van der Waals surface area contributed by atoms with Gasteiger partial charge in [-0.1, -0.05) is 38.0 Å². The van der Waals surface area contributed by atoms with Crippen LogP contribution < -0.4 is 4.90 Å². The third-order valence-corrected chi connectivity index (χ3v) is 2.87. The van der Waals surface area contributed by atoms with Crippen molar-refractivity contribution < 1.29 is 0 Å². The lowest BCUT2D eigenvalue weighted by molar-refractivity contribution is 0.684. The van der Waals surface area contributed by atoms with Crippen LogP contribution in [0.4, 0.5) is 5.69 Å². The van der Waals surface area contributed by atoms with Crippen molar-refractivity contribution in [3.63, 3.8) is 0 Å². The Morgan fingerprint density at radius 1 is 1.07 bits per heavy atom. The van der Waals surface area contributed by atoms with Gasteiger partial charge in [0.1, 0.15) is 0 Å². The molecule has 0 saturated heterocycles.